The van der Waals surface area contributed by atoms with Gasteiger partial charge in [-0.3, -0.25) is 4.39 Å². The highest BCUT2D eigenvalue weighted by Crippen LogP contribution is 2.26. The van der Waals surface area contributed by atoms with Crippen LogP contribution in [-0.4, -0.2) is 29.7 Å². The van der Waals surface area contributed by atoms with Crippen molar-refractivity contribution in [2.75, 3.05) is 6.67 Å². The Kier molecular flexibility index (Phi) is 5.37. The maximum Gasteiger partial charge on any atom is 0.136 e. The Morgan fingerprint density at radius 1 is 1.46 bits per heavy atom. The van der Waals surface area contributed by atoms with E-state index in [1.165, 1.54) is 6.92 Å². The molecule has 0 heterocycles. The molecule has 0 saturated carbocycles. The van der Waals surface area contributed by atoms with Crippen LogP contribution in [0.5, 0.6) is 0 Å². The van der Waals surface area contributed by atoms with Crippen molar-refractivity contribution in [3.8, 4) is 0 Å². The van der Waals surface area contributed by atoms with Gasteiger partial charge in [0, 0.05) is 6.42 Å². The molecule has 0 rings (SSSR count). The van der Waals surface area contributed by atoms with E-state index in [2.05, 4.69) is 0 Å². The fourth-order valence-electron chi connectivity index (χ4n) is 1.26. The van der Waals surface area contributed by atoms with E-state index < -0.39 is 24.6 Å². The molecular weight excluding hydrogens is 181 g/mol. The predicted octanol–water partition coefficient (Wildman–Crippen LogP) is 2.57. The summed E-state index contributed by atoms with van der Waals surface area (Å²) in [4.78, 5) is 0. The van der Waals surface area contributed by atoms with E-state index in [9.17, 15) is 18.3 Å². The molecule has 1 nitrogen and oxygen atoms in total. The van der Waals surface area contributed by atoms with Gasteiger partial charge in [0.15, 0.2) is 0 Å². The Balaban J connectivity index is 3.94. The van der Waals surface area contributed by atoms with Gasteiger partial charge in [-0.1, -0.05) is 0 Å². The van der Waals surface area contributed by atoms with Crippen molar-refractivity contribution < 1.29 is 18.3 Å². The van der Waals surface area contributed by atoms with Gasteiger partial charge in [0.05, 0.1) is 12.8 Å². The first-order valence-electron chi connectivity index (χ1n) is 4.47. The minimum atomic E-state index is -1.96. The molecule has 0 aromatic rings. The SMILES string of the molecule is CC(F)CC(C)(F)C(O)CCCF. The van der Waals surface area contributed by atoms with Crippen LogP contribution in [0.3, 0.4) is 0 Å². The number of hydrogen-bond acceptors (Lipinski definition) is 1. The lowest BCUT2D eigenvalue weighted by Gasteiger charge is -2.26. The molecule has 0 aromatic heterocycles. The maximum atomic E-state index is 13.4. The highest BCUT2D eigenvalue weighted by atomic mass is 19.2. The van der Waals surface area contributed by atoms with Crippen LogP contribution >= 0.6 is 0 Å². The van der Waals surface area contributed by atoms with Crippen LogP contribution in [0.25, 0.3) is 0 Å². The first kappa shape index (κ1) is 12.8. The Labute approximate surface area is 76.9 Å². The minimum absolute atomic E-state index is 0.0379. The summed E-state index contributed by atoms with van der Waals surface area (Å²) in [5, 5.41) is 9.25. The van der Waals surface area contributed by atoms with E-state index in [0.29, 0.717) is 0 Å². The summed E-state index contributed by atoms with van der Waals surface area (Å²) in [5.41, 5.74) is -1.96. The van der Waals surface area contributed by atoms with Crippen molar-refractivity contribution in [3.05, 3.63) is 0 Å². The Bertz CT molecular complexity index is 137. The lowest BCUT2D eigenvalue weighted by molar-refractivity contribution is -0.0207. The van der Waals surface area contributed by atoms with Crippen LogP contribution in [0, 0.1) is 0 Å². The van der Waals surface area contributed by atoms with Gasteiger partial charge in [0.2, 0.25) is 0 Å². The van der Waals surface area contributed by atoms with Crippen LogP contribution in [0.4, 0.5) is 13.2 Å². The molecule has 0 saturated heterocycles. The van der Waals surface area contributed by atoms with E-state index >= 15 is 0 Å². The molecule has 0 amide bonds. The summed E-state index contributed by atoms with van der Waals surface area (Å²) in [6.45, 7) is 1.80. The fourth-order valence-corrected chi connectivity index (χ4v) is 1.26. The van der Waals surface area contributed by atoms with E-state index in [0.717, 1.165) is 6.92 Å². The van der Waals surface area contributed by atoms with Gasteiger partial charge in [0.1, 0.15) is 11.8 Å². The summed E-state index contributed by atoms with van der Waals surface area (Å²) in [6, 6.07) is 0. The van der Waals surface area contributed by atoms with E-state index in [-0.39, 0.29) is 19.3 Å². The molecule has 13 heavy (non-hydrogen) atoms. The van der Waals surface area contributed by atoms with Crippen LogP contribution < -0.4 is 0 Å². The summed E-state index contributed by atoms with van der Waals surface area (Å²) in [6.07, 6.45) is -2.77. The van der Waals surface area contributed by atoms with E-state index in [1.807, 2.05) is 0 Å². The molecule has 0 aromatic carbocycles. The second kappa shape index (κ2) is 5.47. The molecule has 80 valence electrons. The molecule has 3 atom stereocenters. The average molecular weight is 198 g/mol. The third kappa shape index (κ3) is 5.13. The number of rotatable bonds is 6. The normalized spacial score (nSPS) is 20.8. The van der Waals surface area contributed by atoms with Gasteiger partial charge in [-0.05, 0) is 26.7 Å². The lowest BCUT2D eigenvalue weighted by atomic mass is 9.92. The molecule has 0 aliphatic carbocycles. The lowest BCUT2D eigenvalue weighted by Crippen LogP contribution is -2.36. The zero-order valence-corrected chi connectivity index (χ0v) is 8.06. The highest BCUT2D eigenvalue weighted by Gasteiger charge is 2.34. The second-order valence-electron chi connectivity index (χ2n) is 3.61. The summed E-state index contributed by atoms with van der Waals surface area (Å²) >= 11 is 0. The van der Waals surface area contributed by atoms with Crippen LogP contribution in [-0.2, 0) is 0 Å². The number of aliphatic hydroxyl groups excluding tert-OH is 1. The van der Waals surface area contributed by atoms with Gasteiger partial charge in [-0.15, -0.1) is 0 Å². The standard InChI is InChI=1S/C9H17F3O/c1-7(11)6-9(2,12)8(13)4-3-5-10/h7-8,13H,3-6H2,1-2H3. The van der Waals surface area contributed by atoms with Crippen molar-refractivity contribution in [2.24, 2.45) is 0 Å². The molecule has 3 unspecified atom stereocenters. The average Bonchev–Trinajstić information content (AvgIpc) is 1.97. The fraction of sp³-hybridized carbons (Fsp3) is 1.00. The molecule has 0 radical (unpaired) electrons. The third-order valence-electron chi connectivity index (χ3n) is 1.99. The van der Waals surface area contributed by atoms with Crippen molar-refractivity contribution in [3.63, 3.8) is 0 Å². The Morgan fingerprint density at radius 3 is 2.38 bits per heavy atom. The number of aliphatic hydroxyl groups is 1. The maximum absolute atomic E-state index is 13.4. The zero-order valence-electron chi connectivity index (χ0n) is 8.06. The monoisotopic (exact) mass is 198 g/mol. The van der Waals surface area contributed by atoms with Crippen LogP contribution in [0.15, 0.2) is 0 Å². The zero-order chi connectivity index (χ0) is 10.5. The van der Waals surface area contributed by atoms with E-state index in [4.69, 9.17) is 0 Å². The molecular formula is C9H17F3O. The highest BCUT2D eigenvalue weighted by molar-refractivity contribution is 4.84. The smallest absolute Gasteiger partial charge is 0.136 e. The molecule has 0 spiro atoms. The summed E-state index contributed by atoms with van der Waals surface area (Å²) in [7, 11) is 0. The van der Waals surface area contributed by atoms with Crippen LogP contribution in [0.1, 0.15) is 33.1 Å². The van der Waals surface area contributed by atoms with Crippen LogP contribution in [0.2, 0.25) is 0 Å². The minimum Gasteiger partial charge on any atom is -0.390 e. The van der Waals surface area contributed by atoms with Gasteiger partial charge in [-0.25, -0.2) is 8.78 Å². The topological polar surface area (TPSA) is 20.2 Å². The van der Waals surface area contributed by atoms with Gasteiger partial charge < -0.3 is 5.11 Å². The second-order valence-corrected chi connectivity index (χ2v) is 3.61. The van der Waals surface area contributed by atoms with Gasteiger partial charge in [-0.2, -0.15) is 0 Å². The van der Waals surface area contributed by atoms with Crippen molar-refractivity contribution >= 4 is 0 Å². The van der Waals surface area contributed by atoms with Crippen molar-refractivity contribution in [1.82, 2.24) is 0 Å². The molecule has 1 N–H and O–H groups in total. The number of halogens is 3. The Hall–Kier alpha value is -0.250. The number of hydrogen-bond donors (Lipinski definition) is 1. The van der Waals surface area contributed by atoms with Crippen molar-refractivity contribution in [2.45, 2.75) is 51.1 Å². The largest absolute Gasteiger partial charge is 0.390 e. The molecule has 0 fully saturated rings. The van der Waals surface area contributed by atoms with Crippen molar-refractivity contribution in [1.29, 1.82) is 0 Å². The molecule has 0 bridgehead atoms. The summed E-state index contributed by atoms with van der Waals surface area (Å²) < 4.78 is 37.6. The molecule has 0 aliphatic rings. The quantitative estimate of drug-likeness (QED) is 0.695. The third-order valence-corrected chi connectivity index (χ3v) is 1.99. The Morgan fingerprint density at radius 2 is 2.00 bits per heavy atom. The first-order valence-corrected chi connectivity index (χ1v) is 4.47. The molecule has 0 aliphatic heterocycles. The van der Waals surface area contributed by atoms with Gasteiger partial charge in [0.25, 0.3) is 0 Å². The van der Waals surface area contributed by atoms with Gasteiger partial charge >= 0.3 is 0 Å². The molecule has 4 heteroatoms. The van der Waals surface area contributed by atoms with E-state index in [1.54, 1.807) is 0 Å². The number of alkyl halides is 3. The summed E-state index contributed by atoms with van der Waals surface area (Å²) in [5.74, 6) is 0. The predicted molar refractivity (Wildman–Crippen MR) is 45.9 cm³/mol. The first-order chi connectivity index (χ1) is 5.90.